The monoisotopic (exact) mass is 409 g/mol. The number of nitrogens with zero attached hydrogens (tertiary/aromatic N) is 1. The van der Waals surface area contributed by atoms with E-state index in [9.17, 15) is 4.79 Å². The molecule has 0 amide bonds. The molecule has 0 spiro atoms. The number of aryl methyl sites for hydroxylation is 1. The zero-order valence-electron chi connectivity index (χ0n) is 18.1. The topological polar surface area (TPSA) is 57.2 Å². The maximum absolute atomic E-state index is 12.8. The summed E-state index contributed by atoms with van der Waals surface area (Å²) in [7, 11) is 3.27. The van der Waals surface area contributed by atoms with Gasteiger partial charge in [0.1, 0.15) is 18.2 Å². The number of hydrogen-bond donors (Lipinski definition) is 0. The van der Waals surface area contributed by atoms with E-state index in [0.29, 0.717) is 30.3 Å². The summed E-state index contributed by atoms with van der Waals surface area (Å²) in [5.74, 6) is 3.30. The van der Waals surface area contributed by atoms with Crippen LogP contribution in [-0.4, -0.2) is 38.2 Å². The first-order chi connectivity index (χ1) is 14.4. The van der Waals surface area contributed by atoms with Gasteiger partial charge in [-0.15, -0.1) is 0 Å². The largest absolute Gasteiger partial charge is 0.493 e. The van der Waals surface area contributed by atoms with Crippen LogP contribution in [0.4, 0.5) is 0 Å². The van der Waals surface area contributed by atoms with E-state index in [2.05, 4.69) is 4.90 Å². The van der Waals surface area contributed by atoms with E-state index in [1.54, 1.807) is 14.2 Å². The van der Waals surface area contributed by atoms with Crippen molar-refractivity contribution in [2.75, 3.05) is 27.5 Å². The van der Waals surface area contributed by atoms with Crippen molar-refractivity contribution in [2.24, 2.45) is 0 Å². The van der Waals surface area contributed by atoms with Crippen molar-refractivity contribution < 1.29 is 23.7 Å². The number of ether oxygens (including phenoxy) is 4. The smallest absolute Gasteiger partial charge is 0.232 e. The van der Waals surface area contributed by atoms with E-state index in [0.717, 1.165) is 52.5 Å². The van der Waals surface area contributed by atoms with Gasteiger partial charge in [0.25, 0.3) is 0 Å². The molecule has 0 bridgehead atoms. The third kappa shape index (κ3) is 3.52. The quantitative estimate of drug-likeness (QED) is 0.687. The molecule has 2 aliphatic rings. The Morgan fingerprint density at radius 3 is 2.60 bits per heavy atom. The molecule has 0 unspecified atom stereocenters. The van der Waals surface area contributed by atoms with Gasteiger partial charge in [0.05, 0.1) is 25.3 Å². The number of carbonyl (C=O) groups is 1. The van der Waals surface area contributed by atoms with Crippen LogP contribution >= 0.6 is 0 Å². The molecule has 2 aliphatic heterocycles. The van der Waals surface area contributed by atoms with Crippen molar-refractivity contribution in [3.63, 3.8) is 0 Å². The standard InChI is InChI=1S/C24H27NO5/c1-14(2)23-22(26)21-15(3)10-19-17(24(21)30-23)12-25(13-29-19)9-8-16-6-7-18(27-4)20(11-16)28-5/h6-7,10-11H,8-9,12-13H2,1-5H3. The Morgan fingerprint density at radius 1 is 1.13 bits per heavy atom. The van der Waals surface area contributed by atoms with Crippen LogP contribution in [0.3, 0.4) is 0 Å². The number of allylic oxidation sites excluding steroid dienone is 2. The van der Waals surface area contributed by atoms with Crippen molar-refractivity contribution in [1.82, 2.24) is 4.90 Å². The molecular formula is C24H27NO5. The van der Waals surface area contributed by atoms with Crippen molar-refractivity contribution in [2.45, 2.75) is 33.7 Å². The normalized spacial score (nSPS) is 15.2. The minimum absolute atomic E-state index is 0.0345. The highest BCUT2D eigenvalue weighted by molar-refractivity contribution is 6.14. The van der Waals surface area contributed by atoms with Gasteiger partial charge in [-0.05, 0) is 62.1 Å². The van der Waals surface area contributed by atoms with E-state index < -0.39 is 0 Å². The summed E-state index contributed by atoms with van der Waals surface area (Å²) in [5.41, 5.74) is 4.54. The summed E-state index contributed by atoms with van der Waals surface area (Å²) >= 11 is 0. The molecule has 0 aromatic heterocycles. The zero-order valence-corrected chi connectivity index (χ0v) is 18.1. The Bertz CT molecular complexity index is 1040. The predicted molar refractivity (Wildman–Crippen MR) is 114 cm³/mol. The molecular weight excluding hydrogens is 382 g/mol. The molecule has 4 rings (SSSR count). The van der Waals surface area contributed by atoms with Gasteiger partial charge in [0.15, 0.2) is 17.3 Å². The van der Waals surface area contributed by atoms with Gasteiger partial charge in [-0.3, -0.25) is 9.69 Å². The first-order valence-corrected chi connectivity index (χ1v) is 10.1. The fourth-order valence-corrected chi connectivity index (χ4v) is 3.96. The maximum Gasteiger partial charge on any atom is 0.232 e. The Balaban J connectivity index is 1.54. The van der Waals surface area contributed by atoms with E-state index in [1.165, 1.54) is 0 Å². The SMILES string of the molecule is COc1ccc(CCN2COc3cc(C)c4c(c3C2)OC(=C(C)C)C4=O)cc1OC. The van der Waals surface area contributed by atoms with Crippen LogP contribution in [0.15, 0.2) is 35.6 Å². The predicted octanol–water partition coefficient (Wildman–Crippen LogP) is 4.28. The first kappa shape index (κ1) is 20.3. The third-order valence-corrected chi connectivity index (χ3v) is 5.58. The van der Waals surface area contributed by atoms with E-state index in [-0.39, 0.29) is 5.78 Å². The van der Waals surface area contributed by atoms with E-state index >= 15 is 0 Å². The second-order valence-electron chi connectivity index (χ2n) is 7.90. The number of fused-ring (bicyclic) bond motifs is 3. The number of carbonyl (C=O) groups excluding carboxylic acids is 1. The molecule has 2 aromatic rings. The highest BCUT2D eigenvalue weighted by Crippen LogP contribution is 2.44. The van der Waals surface area contributed by atoms with Gasteiger partial charge in [0, 0.05) is 13.1 Å². The molecule has 30 heavy (non-hydrogen) atoms. The summed E-state index contributed by atoms with van der Waals surface area (Å²) in [6.45, 7) is 7.71. The lowest BCUT2D eigenvalue weighted by atomic mass is 9.98. The van der Waals surface area contributed by atoms with Gasteiger partial charge in [-0.25, -0.2) is 0 Å². The van der Waals surface area contributed by atoms with Crippen LogP contribution in [0.25, 0.3) is 0 Å². The van der Waals surface area contributed by atoms with Gasteiger partial charge >= 0.3 is 0 Å². The summed E-state index contributed by atoms with van der Waals surface area (Å²) in [6, 6.07) is 7.92. The summed E-state index contributed by atoms with van der Waals surface area (Å²) < 4.78 is 22.7. The minimum atomic E-state index is -0.0345. The summed E-state index contributed by atoms with van der Waals surface area (Å²) in [5, 5.41) is 0. The van der Waals surface area contributed by atoms with Gasteiger partial charge in [0.2, 0.25) is 5.78 Å². The van der Waals surface area contributed by atoms with Crippen LogP contribution in [0.1, 0.15) is 40.9 Å². The highest BCUT2D eigenvalue weighted by atomic mass is 16.5. The van der Waals surface area contributed by atoms with Crippen molar-refractivity contribution in [1.29, 1.82) is 0 Å². The first-order valence-electron chi connectivity index (χ1n) is 10.1. The van der Waals surface area contributed by atoms with Crippen LogP contribution in [0, 0.1) is 6.92 Å². The molecule has 0 atom stereocenters. The fraction of sp³-hybridized carbons (Fsp3) is 0.375. The molecule has 0 saturated carbocycles. The number of methoxy groups -OCH3 is 2. The molecule has 6 nitrogen and oxygen atoms in total. The number of Topliss-reactive ketones (excluding diaryl/α,β-unsaturated/α-hetero) is 1. The Labute approximate surface area is 177 Å². The Morgan fingerprint density at radius 2 is 1.90 bits per heavy atom. The second kappa shape index (κ2) is 8.03. The number of hydrogen-bond acceptors (Lipinski definition) is 6. The highest BCUT2D eigenvalue weighted by Gasteiger charge is 2.35. The Hall–Kier alpha value is -2.99. The molecule has 0 aliphatic carbocycles. The molecule has 2 aromatic carbocycles. The van der Waals surface area contributed by atoms with Gasteiger partial charge < -0.3 is 18.9 Å². The second-order valence-corrected chi connectivity index (χ2v) is 7.90. The van der Waals surface area contributed by atoms with Crippen molar-refractivity contribution in [3.8, 4) is 23.0 Å². The number of benzene rings is 2. The average molecular weight is 409 g/mol. The molecule has 0 fully saturated rings. The molecule has 158 valence electrons. The van der Waals surface area contributed by atoms with Crippen molar-refractivity contribution in [3.05, 3.63) is 57.9 Å². The molecule has 0 N–H and O–H groups in total. The molecule has 0 saturated heterocycles. The van der Waals surface area contributed by atoms with Crippen LogP contribution in [-0.2, 0) is 13.0 Å². The van der Waals surface area contributed by atoms with Crippen LogP contribution < -0.4 is 18.9 Å². The lowest BCUT2D eigenvalue weighted by Crippen LogP contribution is -2.34. The maximum atomic E-state index is 12.8. The Kier molecular flexibility index (Phi) is 5.43. The molecule has 6 heteroatoms. The fourth-order valence-electron chi connectivity index (χ4n) is 3.96. The van der Waals surface area contributed by atoms with Gasteiger partial charge in [-0.1, -0.05) is 6.07 Å². The minimum Gasteiger partial charge on any atom is -0.493 e. The zero-order chi connectivity index (χ0) is 21.4. The number of ketones is 1. The van der Waals surface area contributed by atoms with Crippen molar-refractivity contribution >= 4 is 5.78 Å². The number of rotatable bonds is 5. The molecule has 0 radical (unpaired) electrons. The van der Waals surface area contributed by atoms with E-state index in [1.807, 2.05) is 45.0 Å². The lowest BCUT2D eigenvalue weighted by Gasteiger charge is -2.30. The summed E-state index contributed by atoms with van der Waals surface area (Å²) in [4.78, 5) is 15.0. The van der Waals surface area contributed by atoms with Gasteiger partial charge in [-0.2, -0.15) is 0 Å². The van der Waals surface area contributed by atoms with E-state index in [4.69, 9.17) is 18.9 Å². The van der Waals surface area contributed by atoms with Crippen LogP contribution in [0.2, 0.25) is 0 Å². The van der Waals surface area contributed by atoms with Crippen LogP contribution in [0.5, 0.6) is 23.0 Å². The third-order valence-electron chi connectivity index (χ3n) is 5.58. The lowest BCUT2D eigenvalue weighted by molar-refractivity contribution is 0.0948. The molecule has 2 heterocycles. The summed E-state index contributed by atoms with van der Waals surface area (Å²) in [6.07, 6.45) is 0.839. The average Bonchev–Trinajstić information content (AvgIpc) is 3.10.